The number of primary amides is 1. The number of esters is 1. The van der Waals surface area contributed by atoms with E-state index in [0.717, 1.165) is 11.6 Å². The number of Topliss-reactive ketones (excluding diaryl/α,β-unsaturated/α-hetero) is 1. The average Bonchev–Trinajstić information content (AvgIpc) is 2.65. The molecule has 2 aromatic carbocycles. The Balaban J connectivity index is 2.12. The van der Waals surface area contributed by atoms with Crippen LogP contribution in [0.1, 0.15) is 28.8 Å². The maximum Gasteiger partial charge on any atom is 0.412 e. The minimum atomic E-state index is -3.98. The summed E-state index contributed by atoms with van der Waals surface area (Å²) >= 11 is 6.00. The fourth-order valence-corrected chi connectivity index (χ4v) is 3.80. The normalized spacial score (nSPS) is 11.0. The third-order valence-corrected chi connectivity index (χ3v) is 5.51. The van der Waals surface area contributed by atoms with Crippen LogP contribution in [0, 0.1) is 0 Å². The number of carbonyl (C=O) groups excluding carboxylic acids is 3. The molecule has 0 spiro atoms. The smallest absolute Gasteiger partial charge is 0.376 e. The van der Waals surface area contributed by atoms with E-state index in [-0.39, 0.29) is 34.9 Å². The molecule has 1 amide bonds. The summed E-state index contributed by atoms with van der Waals surface area (Å²) < 4.78 is 31.7. The molecule has 0 saturated carbocycles. The summed E-state index contributed by atoms with van der Waals surface area (Å²) in [5.41, 5.74) is 5.51. The summed E-state index contributed by atoms with van der Waals surface area (Å²) in [5.74, 6) is -1.47. The first-order valence-electron chi connectivity index (χ1n) is 8.05. The van der Waals surface area contributed by atoms with Gasteiger partial charge in [-0.2, -0.15) is 0 Å². The van der Waals surface area contributed by atoms with Gasteiger partial charge in [0.05, 0.1) is 11.4 Å². The average molecular weight is 425 g/mol. The Labute approximate surface area is 166 Å². The SMILES string of the molecule is NC(=O)OC(=O)CCC(=O)c1ccc(Cl)c(S(=O)(=O)NCc2ccccc2)c1. The summed E-state index contributed by atoms with van der Waals surface area (Å²) in [6, 6.07) is 12.7. The molecule has 0 heterocycles. The number of hydrogen-bond donors (Lipinski definition) is 2. The van der Waals surface area contributed by atoms with Crippen LogP contribution in [0.2, 0.25) is 5.02 Å². The van der Waals surface area contributed by atoms with Crippen LogP contribution in [0.25, 0.3) is 0 Å². The first-order valence-corrected chi connectivity index (χ1v) is 9.91. The molecule has 0 atom stereocenters. The van der Waals surface area contributed by atoms with Crippen molar-refractivity contribution in [1.82, 2.24) is 4.72 Å². The molecular weight excluding hydrogens is 408 g/mol. The number of nitrogens with one attached hydrogen (secondary N) is 1. The van der Waals surface area contributed by atoms with E-state index >= 15 is 0 Å². The largest absolute Gasteiger partial charge is 0.412 e. The van der Waals surface area contributed by atoms with Crippen LogP contribution in [0.15, 0.2) is 53.4 Å². The summed E-state index contributed by atoms with van der Waals surface area (Å²) in [7, 11) is -3.98. The maximum atomic E-state index is 12.6. The van der Waals surface area contributed by atoms with Gasteiger partial charge in [-0.3, -0.25) is 9.59 Å². The third-order valence-electron chi connectivity index (χ3n) is 3.62. The van der Waals surface area contributed by atoms with E-state index in [1.165, 1.54) is 12.1 Å². The number of amides is 1. The second-order valence-electron chi connectivity index (χ2n) is 5.67. The molecule has 10 heteroatoms. The molecule has 2 aromatic rings. The van der Waals surface area contributed by atoms with Crippen molar-refractivity contribution in [2.75, 3.05) is 0 Å². The first kappa shape index (κ1) is 21.5. The predicted molar refractivity (Wildman–Crippen MR) is 101 cm³/mol. The molecule has 148 valence electrons. The molecule has 0 aliphatic rings. The van der Waals surface area contributed by atoms with E-state index in [1.54, 1.807) is 24.3 Å². The van der Waals surface area contributed by atoms with Crippen LogP contribution in [-0.2, 0) is 26.1 Å². The van der Waals surface area contributed by atoms with E-state index in [2.05, 4.69) is 9.46 Å². The molecule has 3 N–H and O–H groups in total. The van der Waals surface area contributed by atoms with Crippen molar-refractivity contribution in [3.8, 4) is 0 Å². The van der Waals surface area contributed by atoms with Crippen LogP contribution in [0.3, 0.4) is 0 Å². The third kappa shape index (κ3) is 6.15. The number of nitrogens with two attached hydrogens (primary N) is 1. The van der Waals surface area contributed by atoms with Gasteiger partial charge in [0, 0.05) is 18.5 Å². The molecule has 2 rings (SSSR count). The van der Waals surface area contributed by atoms with E-state index in [1.807, 2.05) is 6.07 Å². The zero-order chi connectivity index (χ0) is 20.7. The molecule has 8 nitrogen and oxygen atoms in total. The van der Waals surface area contributed by atoms with Gasteiger partial charge in [-0.1, -0.05) is 41.9 Å². The Kier molecular flexibility index (Phi) is 7.27. The van der Waals surface area contributed by atoms with Crippen molar-refractivity contribution in [3.63, 3.8) is 0 Å². The highest BCUT2D eigenvalue weighted by atomic mass is 35.5. The van der Waals surface area contributed by atoms with Gasteiger partial charge in [0.25, 0.3) is 0 Å². The van der Waals surface area contributed by atoms with Gasteiger partial charge < -0.3 is 10.5 Å². The second kappa shape index (κ2) is 9.45. The number of sulfonamides is 1. The van der Waals surface area contributed by atoms with Crippen LogP contribution in [-0.4, -0.2) is 26.3 Å². The van der Waals surface area contributed by atoms with Crippen molar-refractivity contribution in [2.24, 2.45) is 5.73 Å². The minimum absolute atomic E-state index is 0.0507. The van der Waals surface area contributed by atoms with Gasteiger partial charge in [-0.15, -0.1) is 0 Å². The van der Waals surface area contributed by atoms with E-state index < -0.39 is 27.9 Å². The fourth-order valence-electron chi connectivity index (χ4n) is 2.26. The molecule has 0 aliphatic heterocycles. The van der Waals surface area contributed by atoms with E-state index in [4.69, 9.17) is 17.3 Å². The Morgan fingerprint density at radius 1 is 1.04 bits per heavy atom. The molecule has 0 aliphatic carbocycles. The van der Waals surface area contributed by atoms with Crippen LogP contribution < -0.4 is 10.5 Å². The Morgan fingerprint density at radius 3 is 2.36 bits per heavy atom. The lowest BCUT2D eigenvalue weighted by atomic mass is 10.1. The Bertz CT molecular complexity index is 992. The van der Waals surface area contributed by atoms with Crippen molar-refractivity contribution in [1.29, 1.82) is 0 Å². The van der Waals surface area contributed by atoms with Gasteiger partial charge in [0.15, 0.2) is 5.78 Å². The zero-order valence-corrected chi connectivity index (χ0v) is 16.1. The molecule has 0 aromatic heterocycles. The summed E-state index contributed by atoms with van der Waals surface area (Å²) in [5, 5.41) is -0.0507. The van der Waals surface area contributed by atoms with Gasteiger partial charge in [0.2, 0.25) is 10.0 Å². The van der Waals surface area contributed by atoms with Crippen LogP contribution in [0.5, 0.6) is 0 Å². The number of ether oxygens (including phenoxy) is 1. The standard InChI is InChI=1S/C18H17ClN2O6S/c19-14-7-6-13(15(22)8-9-17(23)27-18(20)24)10-16(14)28(25,26)21-11-12-4-2-1-3-5-12/h1-7,10,21H,8-9,11H2,(H2,20,24). The highest BCUT2D eigenvalue weighted by Crippen LogP contribution is 2.24. The topological polar surface area (TPSA) is 133 Å². The van der Waals surface area contributed by atoms with Gasteiger partial charge in [-0.05, 0) is 23.8 Å². The number of hydrogen-bond acceptors (Lipinski definition) is 6. The summed E-state index contributed by atoms with van der Waals surface area (Å²) in [6.07, 6.45) is -1.93. The first-order chi connectivity index (χ1) is 13.2. The van der Waals surface area contributed by atoms with Crippen molar-refractivity contribution >= 4 is 39.5 Å². The van der Waals surface area contributed by atoms with Gasteiger partial charge >= 0.3 is 12.1 Å². The van der Waals surface area contributed by atoms with Crippen LogP contribution >= 0.6 is 11.6 Å². The second-order valence-corrected chi connectivity index (χ2v) is 7.81. The molecule has 0 saturated heterocycles. The number of ketones is 1. The summed E-state index contributed by atoms with van der Waals surface area (Å²) in [6.45, 7) is 0.0522. The fraction of sp³-hybridized carbons (Fsp3) is 0.167. The van der Waals surface area contributed by atoms with Crippen LogP contribution in [0.4, 0.5) is 4.79 Å². The number of halogens is 1. The quantitative estimate of drug-likeness (QED) is 0.380. The van der Waals surface area contributed by atoms with E-state index in [0.29, 0.717) is 0 Å². The highest BCUT2D eigenvalue weighted by molar-refractivity contribution is 7.89. The minimum Gasteiger partial charge on any atom is -0.376 e. The lowest BCUT2D eigenvalue weighted by molar-refractivity contribution is -0.137. The van der Waals surface area contributed by atoms with Crippen molar-refractivity contribution < 1.29 is 27.5 Å². The highest BCUT2D eigenvalue weighted by Gasteiger charge is 2.20. The lowest BCUT2D eigenvalue weighted by Crippen LogP contribution is -2.24. The molecule has 0 unspecified atom stereocenters. The lowest BCUT2D eigenvalue weighted by Gasteiger charge is -2.10. The monoisotopic (exact) mass is 424 g/mol. The Morgan fingerprint density at radius 2 is 1.71 bits per heavy atom. The Hall–Kier alpha value is -2.75. The number of carbonyl (C=O) groups is 3. The zero-order valence-electron chi connectivity index (χ0n) is 14.6. The van der Waals surface area contributed by atoms with Gasteiger partial charge in [-0.25, -0.2) is 17.9 Å². The summed E-state index contributed by atoms with van der Waals surface area (Å²) in [4.78, 5) is 33.7. The predicted octanol–water partition coefficient (Wildman–Crippen LogP) is 2.40. The van der Waals surface area contributed by atoms with E-state index in [9.17, 15) is 22.8 Å². The molecule has 0 fully saturated rings. The van der Waals surface area contributed by atoms with Crippen molar-refractivity contribution in [2.45, 2.75) is 24.3 Å². The molecule has 28 heavy (non-hydrogen) atoms. The maximum absolute atomic E-state index is 12.6. The van der Waals surface area contributed by atoms with Gasteiger partial charge in [0.1, 0.15) is 4.90 Å². The number of rotatable bonds is 8. The van der Waals surface area contributed by atoms with Crippen molar-refractivity contribution in [3.05, 3.63) is 64.7 Å². The molecule has 0 bridgehead atoms. The number of benzene rings is 2. The molecule has 0 radical (unpaired) electrons. The molecular formula is C18H17ClN2O6S.